The van der Waals surface area contributed by atoms with Crippen molar-refractivity contribution in [1.29, 1.82) is 0 Å². The van der Waals surface area contributed by atoms with Crippen LogP contribution in [0.25, 0.3) is 0 Å². The summed E-state index contributed by atoms with van der Waals surface area (Å²) in [6.07, 6.45) is 0. The zero-order chi connectivity index (χ0) is 13.8. The third kappa shape index (κ3) is 4.73. The first-order valence-corrected chi connectivity index (χ1v) is 5.83. The molecule has 0 saturated heterocycles. The Morgan fingerprint density at radius 1 is 1.35 bits per heavy atom. The van der Waals surface area contributed by atoms with Gasteiger partial charge < -0.3 is 16.0 Å². The molecule has 5 heteroatoms. The van der Waals surface area contributed by atoms with Gasteiger partial charge in [0.25, 0.3) is 0 Å². The van der Waals surface area contributed by atoms with Gasteiger partial charge in [0.15, 0.2) is 0 Å². The molecule has 0 bridgehead atoms. The molecule has 1 unspecified atom stereocenters. The molecule has 2 atom stereocenters. The standard InChI is InChI=1S/C12H25N3O2/c1-8(10(16)14-5)7-15(6)11(17)9(13)12(2,3)4/h8-9H,7,13H2,1-6H3,(H,14,16)/t8?,9-/m1/s1. The van der Waals surface area contributed by atoms with Crippen LogP contribution in [0.3, 0.4) is 0 Å². The number of nitrogens with two attached hydrogens (primary N) is 1. The summed E-state index contributed by atoms with van der Waals surface area (Å²) >= 11 is 0. The number of carbonyl (C=O) groups is 2. The Kier molecular flexibility index (Phi) is 5.61. The monoisotopic (exact) mass is 243 g/mol. The molecule has 100 valence electrons. The minimum Gasteiger partial charge on any atom is -0.359 e. The maximum absolute atomic E-state index is 12.0. The van der Waals surface area contributed by atoms with Gasteiger partial charge in [-0.1, -0.05) is 27.7 Å². The van der Waals surface area contributed by atoms with Crippen molar-refractivity contribution in [3.8, 4) is 0 Å². The lowest BCUT2D eigenvalue weighted by Crippen LogP contribution is -2.50. The number of nitrogens with zero attached hydrogens (tertiary/aromatic N) is 1. The van der Waals surface area contributed by atoms with Gasteiger partial charge in [0, 0.05) is 20.6 Å². The fraction of sp³-hybridized carbons (Fsp3) is 0.833. The fourth-order valence-electron chi connectivity index (χ4n) is 1.44. The maximum atomic E-state index is 12.0. The summed E-state index contributed by atoms with van der Waals surface area (Å²) in [6, 6.07) is -0.551. The van der Waals surface area contributed by atoms with Gasteiger partial charge in [0.1, 0.15) is 0 Å². The van der Waals surface area contributed by atoms with Crippen LogP contribution in [0.5, 0.6) is 0 Å². The van der Waals surface area contributed by atoms with Crippen LogP contribution >= 0.6 is 0 Å². The summed E-state index contributed by atoms with van der Waals surface area (Å²) in [6.45, 7) is 7.93. The molecule has 0 aliphatic heterocycles. The highest BCUT2D eigenvalue weighted by Crippen LogP contribution is 2.19. The summed E-state index contributed by atoms with van der Waals surface area (Å²) in [5.41, 5.74) is 5.61. The number of hydrogen-bond donors (Lipinski definition) is 2. The second kappa shape index (κ2) is 6.00. The lowest BCUT2D eigenvalue weighted by molar-refractivity contribution is -0.135. The third-order valence-electron chi connectivity index (χ3n) is 2.82. The molecule has 2 amide bonds. The van der Waals surface area contributed by atoms with Crippen LogP contribution in [0.4, 0.5) is 0 Å². The average Bonchev–Trinajstić information content (AvgIpc) is 2.24. The average molecular weight is 243 g/mol. The first kappa shape index (κ1) is 15.9. The molecule has 0 aromatic rings. The highest BCUT2D eigenvalue weighted by Gasteiger charge is 2.30. The second-order valence-electron chi connectivity index (χ2n) is 5.58. The van der Waals surface area contributed by atoms with E-state index in [-0.39, 0.29) is 23.1 Å². The number of likely N-dealkylation sites (N-methyl/N-ethyl adjacent to an activating group) is 1. The molecule has 17 heavy (non-hydrogen) atoms. The first-order chi connectivity index (χ1) is 7.61. The molecule has 3 N–H and O–H groups in total. The van der Waals surface area contributed by atoms with Crippen LogP contribution < -0.4 is 11.1 Å². The van der Waals surface area contributed by atoms with Crippen LogP contribution in [0.2, 0.25) is 0 Å². The zero-order valence-electron chi connectivity index (χ0n) is 11.7. The summed E-state index contributed by atoms with van der Waals surface area (Å²) in [7, 11) is 3.26. The van der Waals surface area contributed by atoms with Crippen molar-refractivity contribution < 1.29 is 9.59 Å². The molecular formula is C12H25N3O2. The topological polar surface area (TPSA) is 75.4 Å². The predicted molar refractivity (Wildman–Crippen MR) is 68.3 cm³/mol. The smallest absolute Gasteiger partial charge is 0.239 e. The minimum absolute atomic E-state index is 0.0750. The predicted octanol–water partition coefficient (Wildman–Crippen LogP) is 0.200. The molecule has 0 fully saturated rings. The van der Waals surface area contributed by atoms with E-state index < -0.39 is 6.04 Å². The van der Waals surface area contributed by atoms with E-state index in [9.17, 15) is 9.59 Å². The highest BCUT2D eigenvalue weighted by molar-refractivity contribution is 5.83. The number of carbonyl (C=O) groups excluding carboxylic acids is 2. The van der Waals surface area contributed by atoms with Gasteiger partial charge in [-0.25, -0.2) is 0 Å². The lowest BCUT2D eigenvalue weighted by atomic mass is 9.86. The summed E-state index contributed by atoms with van der Waals surface area (Å²) in [5.74, 6) is -0.441. The van der Waals surface area contributed by atoms with Crippen molar-refractivity contribution >= 4 is 11.8 Å². The summed E-state index contributed by atoms with van der Waals surface area (Å²) in [5, 5.41) is 2.56. The van der Waals surface area contributed by atoms with Crippen LogP contribution in [0.15, 0.2) is 0 Å². The third-order valence-corrected chi connectivity index (χ3v) is 2.82. The Labute approximate surface area is 104 Å². The zero-order valence-corrected chi connectivity index (χ0v) is 11.7. The van der Waals surface area contributed by atoms with E-state index >= 15 is 0 Å². The van der Waals surface area contributed by atoms with E-state index in [0.717, 1.165) is 0 Å². The maximum Gasteiger partial charge on any atom is 0.239 e. The fourth-order valence-corrected chi connectivity index (χ4v) is 1.44. The Morgan fingerprint density at radius 2 is 1.82 bits per heavy atom. The van der Waals surface area contributed by atoms with Crippen molar-refractivity contribution in [3.05, 3.63) is 0 Å². The molecule has 0 aliphatic carbocycles. The molecule has 0 spiro atoms. The highest BCUT2D eigenvalue weighted by atomic mass is 16.2. The van der Waals surface area contributed by atoms with Gasteiger partial charge >= 0.3 is 0 Å². The SMILES string of the molecule is CNC(=O)C(C)CN(C)C(=O)[C@@H](N)C(C)(C)C. The minimum atomic E-state index is -0.551. The van der Waals surface area contributed by atoms with Gasteiger partial charge in [0.05, 0.1) is 12.0 Å². The molecule has 5 nitrogen and oxygen atoms in total. The van der Waals surface area contributed by atoms with Crippen LogP contribution in [0, 0.1) is 11.3 Å². The molecule has 0 radical (unpaired) electrons. The molecule has 0 aromatic carbocycles. The van der Waals surface area contributed by atoms with Crippen molar-refractivity contribution in [3.63, 3.8) is 0 Å². The molecule has 0 heterocycles. The van der Waals surface area contributed by atoms with Crippen LogP contribution in [-0.2, 0) is 9.59 Å². The Balaban J connectivity index is 4.47. The number of amides is 2. The molecule has 0 saturated carbocycles. The number of hydrogen-bond acceptors (Lipinski definition) is 3. The van der Waals surface area contributed by atoms with E-state index in [1.165, 1.54) is 4.90 Å². The van der Waals surface area contributed by atoms with Gasteiger partial charge in [-0.2, -0.15) is 0 Å². The molecule has 0 aliphatic rings. The van der Waals surface area contributed by atoms with E-state index in [1.807, 2.05) is 20.8 Å². The van der Waals surface area contributed by atoms with Gasteiger partial charge in [-0.3, -0.25) is 9.59 Å². The normalized spacial score (nSPS) is 15.0. The molecule has 0 aromatic heterocycles. The van der Waals surface area contributed by atoms with Crippen LogP contribution in [0.1, 0.15) is 27.7 Å². The van der Waals surface area contributed by atoms with Crippen molar-refractivity contribution in [2.45, 2.75) is 33.7 Å². The Bertz CT molecular complexity index is 284. The van der Waals surface area contributed by atoms with E-state index in [4.69, 9.17) is 5.73 Å². The number of rotatable bonds is 4. The van der Waals surface area contributed by atoms with Crippen molar-refractivity contribution in [2.75, 3.05) is 20.6 Å². The quantitative estimate of drug-likeness (QED) is 0.740. The Hall–Kier alpha value is -1.10. The summed E-state index contributed by atoms with van der Waals surface area (Å²) < 4.78 is 0. The largest absolute Gasteiger partial charge is 0.359 e. The molecule has 0 rings (SSSR count). The van der Waals surface area contributed by atoms with Crippen LogP contribution in [-0.4, -0.2) is 43.4 Å². The van der Waals surface area contributed by atoms with E-state index in [2.05, 4.69) is 5.32 Å². The Morgan fingerprint density at radius 3 is 2.18 bits per heavy atom. The number of nitrogens with one attached hydrogen (secondary N) is 1. The summed E-state index contributed by atoms with van der Waals surface area (Å²) in [4.78, 5) is 24.9. The van der Waals surface area contributed by atoms with Gasteiger partial charge in [-0.05, 0) is 5.41 Å². The van der Waals surface area contributed by atoms with Crippen molar-refractivity contribution in [2.24, 2.45) is 17.1 Å². The second-order valence-corrected chi connectivity index (χ2v) is 5.58. The molecular weight excluding hydrogens is 218 g/mol. The van der Waals surface area contributed by atoms with Gasteiger partial charge in [0.2, 0.25) is 11.8 Å². The van der Waals surface area contributed by atoms with E-state index in [0.29, 0.717) is 6.54 Å². The van der Waals surface area contributed by atoms with Crippen molar-refractivity contribution in [1.82, 2.24) is 10.2 Å². The lowest BCUT2D eigenvalue weighted by Gasteiger charge is -2.30. The first-order valence-electron chi connectivity index (χ1n) is 5.83. The van der Waals surface area contributed by atoms with E-state index in [1.54, 1.807) is 21.0 Å². The van der Waals surface area contributed by atoms with Gasteiger partial charge in [-0.15, -0.1) is 0 Å².